The van der Waals surface area contributed by atoms with Gasteiger partial charge in [0.05, 0.1) is 12.0 Å². The van der Waals surface area contributed by atoms with Crippen LogP contribution in [0.15, 0.2) is 76.2 Å². The minimum absolute atomic E-state index is 0.123. The minimum Gasteiger partial charge on any atom is -0.459 e. The number of sulfonamides is 1. The summed E-state index contributed by atoms with van der Waals surface area (Å²) in [5, 5.41) is 2.58. The van der Waals surface area contributed by atoms with Crippen LogP contribution >= 0.6 is 0 Å². The average Bonchev–Trinajstić information content (AvgIpc) is 3.09. The van der Waals surface area contributed by atoms with E-state index in [2.05, 4.69) is 10.0 Å². The second kappa shape index (κ2) is 6.78. The Balaban J connectivity index is 1.80. The summed E-state index contributed by atoms with van der Waals surface area (Å²) in [4.78, 5) is 11.5. The van der Waals surface area contributed by atoms with Crippen LogP contribution < -0.4 is 10.0 Å². The molecule has 8 heteroatoms. The second-order valence-electron chi connectivity index (χ2n) is 5.05. The molecule has 0 saturated heterocycles. The van der Waals surface area contributed by atoms with Gasteiger partial charge in [0.1, 0.15) is 10.7 Å². The van der Waals surface area contributed by atoms with Crippen molar-refractivity contribution >= 4 is 27.3 Å². The average molecular weight is 360 g/mol. The van der Waals surface area contributed by atoms with Crippen LogP contribution in [-0.2, 0) is 10.0 Å². The predicted molar refractivity (Wildman–Crippen MR) is 90.3 cm³/mol. The molecule has 25 heavy (non-hydrogen) atoms. The van der Waals surface area contributed by atoms with Crippen LogP contribution in [0.4, 0.5) is 15.8 Å². The zero-order chi connectivity index (χ0) is 17.9. The molecule has 1 aromatic heterocycles. The Morgan fingerprint density at radius 2 is 1.72 bits per heavy atom. The number of hydrogen-bond donors (Lipinski definition) is 2. The van der Waals surface area contributed by atoms with Crippen molar-refractivity contribution in [1.29, 1.82) is 0 Å². The Bertz CT molecular complexity index is 1000. The highest BCUT2D eigenvalue weighted by Gasteiger charge is 2.18. The van der Waals surface area contributed by atoms with Crippen LogP contribution in [0, 0.1) is 5.82 Å². The lowest BCUT2D eigenvalue weighted by Crippen LogP contribution is -2.15. The molecular weight excluding hydrogens is 347 g/mol. The minimum atomic E-state index is -4.09. The maximum Gasteiger partial charge on any atom is 0.291 e. The molecule has 0 bridgehead atoms. The lowest BCUT2D eigenvalue weighted by molar-refractivity contribution is 0.0996. The molecule has 0 radical (unpaired) electrons. The maximum absolute atomic E-state index is 13.7. The molecule has 0 atom stereocenters. The number of hydrogen-bond acceptors (Lipinski definition) is 4. The molecule has 1 heterocycles. The highest BCUT2D eigenvalue weighted by atomic mass is 32.2. The summed E-state index contributed by atoms with van der Waals surface area (Å²) in [6.07, 6.45) is 1.37. The van der Waals surface area contributed by atoms with Crippen LogP contribution in [0.5, 0.6) is 0 Å². The first kappa shape index (κ1) is 16.7. The summed E-state index contributed by atoms with van der Waals surface area (Å²) in [5.41, 5.74) is 0.538. The zero-order valence-corrected chi connectivity index (χ0v) is 13.6. The smallest absolute Gasteiger partial charge is 0.291 e. The molecule has 0 saturated carbocycles. The van der Waals surface area contributed by atoms with E-state index in [-0.39, 0.29) is 11.4 Å². The normalized spacial score (nSPS) is 11.1. The fraction of sp³-hybridized carbons (Fsp3) is 0. The molecule has 6 nitrogen and oxygen atoms in total. The molecule has 0 fully saturated rings. The molecule has 2 aromatic carbocycles. The van der Waals surface area contributed by atoms with E-state index >= 15 is 0 Å². The van der Waals surface area contributed by atoms with Crippen molar-refractivity contribution < 1.29 is 22.0 Å². The molecule has 3 rings (SSSR count). The van der Waals surface area contributed by atoms with Crippen molar-refractivity contribution in [3.63, 3.8) is 0 Å². The maximum atomic E-state index is 13.7. The number of benzene rings is 2. The summed E-state index contributed by atoms with van der Waals surface area (Å²) in [6, 6.07) is 14.2. The third kappa shape index (κ3) is 3.86. The summed E-state index contributed by atoms with van der Waals surface area (Å²) in [5.74, 6) is -1.20. The summed E-state index contributed by atoms with van der Waals surface area (Å²) in [6.45, 7) is 0. The summed E-state index contributed by atoms with van der Waals surface area (Å²) >= 11 is 0. The number of nitrogens with one attached hydrogen (secondary N) is 2. The van der Waals surface area contributed by atoms with Gasteiger partial charge in [-0.1, -0.05) is 18.2 Å². The molecule has 0 aliphatic heterocycles. The zero-order valence-electron chi connectivity index (χ0n) is 12.8. The molecule has 2 N–H and O–H groups in total. The Labute approximate surface area is 143 Å². The highest BCUT2D eigenvalue weighted by Crippen LogP contribution is 2.21. The van der Waals surface area contributed by atoms with Crippen molar-refractivity contribution in [2.45, 2.75) is 4.90 Å². The lowest BCUT2D eigenvalue weighted by Gasteiger charge is -2.10. The van der Waals surface area contributed by atoms with E-state index in [0.29, 0.717) is 5.69 Å². The van der Waals surface area contributed by atoms with Crippen molar-refractivity contribution in [3.8, 4) is 0 Å². The quantitative estimate of drug-likeness (QED) is 0.729. The SMILES string of the molecule is O=C(Nc1cccc(NS(=O)(=O)c2ccccc2F)c1)c1ccco1. The van der Waals surface area contributed by atoms with Crippen LogP contribution in [0.3, 0.4) is 0 Å². The molecular formula is C17H13FN2O4S. The lowest BCUT2D eigenvalue weighted by atomic mass is 10.3. The van der Waals surface area contributed by atoms with Gasteiger partial charge in [-0.05, 0) is 42.5 Å². The largest absolute Gasteiger partial charge is 0.459 e. The fourth-order valence-corrected chi connectivity index (χ4v) is 3.26. The van der Waals surface area contributed by atoms with Crippen LogP contribution in [-0.4, -0.2) is 14.3 Å². The molecule has 3 aromatic rings. The second-order valence-corrected chi connectivity index (χ2v) is 6.70. The van der Waals surface area contributed by atoms with E-state index in [1.165, 1.54) is 42.7 Å². The third-order valence-corrected chi connectivity index (χ3v) is 4.66. The molecule has 0 aliphatic rings. The van der Waals surface area contributed by atoms with Gasteiger partial charge < -0.3 is 9.73 Å². The third-order valence-electron chi connectivity index (χ3n) is 3.24. The van der Waals surface area contributed by atoms with Gasteiger partial charge >= 0.3 is 0 Å². The number of carbonyl (C=O) groups excluding carboxylic acids is 1. The predicted octanol–water partition coefficient (Wildman–Crippen LogP) is 3.47. The first-order valence-electron chi connectivity index (χ1n) is 7.18. The van der Waals surface area contributed by atoms with E-state index in [0.717, 1.165) is 6.07 Å². The van der Waals surface area contributed by atoms with Gasteiger partial charge in [-0.3, -0.25) is 9.52 Å². The Morgan fingerprint density at radius 3 is 2.44 bits per heavy atom. The molecule has 0 spiro atoms. The van der Waals surface area contributed by atoms with Gasteiger partial charge in [0, 0.05) is 5.69 Å². The van der Waals surface area contributed by atoms with Gasteiger partial charge in [0.25, 0.3) is 15.9 Å². The number of furan rings is 1. The van der Waals surface area contributed by atoms with Crippen molar-refractivity contribution in [2.75, 3.05) is 10.0 Å². The summed E-state index contributed by atoms with van der Waals surface area (Å²) in [7, 11) is -4.09. The number of halogens is 1. The number of anilines is 2. The van der Waals surface area contributed by atoms with Crippen LogP contribution in [0.25, 0.3) is 0 Å². The van der Waals surface area contributed by atoms with Crippen molar-refractivity contribution in [1.82, 2.24) is 0 Å². The number of amides is 1. The molecule has 128 valence electrons. The molecule has 0 aliphatic carbocycles. The van der Waals surface area contributed by atoms with E-state index < -0.39 is 26.6 Å². The number of rotatable bonds is 5. The molecule has 0 unspecified atom stereocenters. The van der Waals surface area contributed by atoms with Gasteiger partial charge in [-0.15, -0.1) is 0 Å². The van der Waals surface area contributed by atoms with Gasteiger partial charge in [-0.2, -0.15) is 0 Å². The van der Waals surface area contributed by atoms with E-state index in [1.807, 2.05) is 0 Å². The van der Waals surface area contributed by atoms with Gasteiger partial charge in [-0.25, -0.2) is 12.8 Å². The first-order chi connectivity index (χ1) is 12.0. The molecule has 1 amide bonds. The van der Waals surface area contributed by atoms with Gasteiger partial charge in [0.2, 0.25) is 0 Å². The standard InChI is InChI=1S/C17H13FN2O4S/c18-14-7-1-2-9-16(14)25(22,23)20-13-6-3-5-12(11-13)19-17(21)15-8-4-10-24-15/h1-11,20H,(H,19,21). The Morgan fingerprint density at radius 1 is 0.960 bits per heavy atom. The first-order valence-corrected chi connectivity index (χ1v) is 8.66. The topological polar surface area (TPSA) is 88.4 Å². The van der Waals surface area contributed by atoms with Crippen molar-refractivity contribution in [2.24, 2.45) is 0 Å². The van der Waals surface area contributed by atoms with E-state index in [9.17, 15) is 17.6 Å². The van der Waals surface area contributed by atoms with Crippen LogP contribution in [0.1, 0.15) is 10.6 Å². The van der Waals surface area contributed by atoms with E-state index in [1.54, 1.807) is 18.2 Å². The Kier molecular flexibility index (Phi) is 4.53. The van der Waals surface area contributed by atoms with Crippen molar-refractivity contribution in [3.05, 3.63) is 78.5 Å². The van der Waals surface area contributed by atoms with Crippen LogP contribution in [0.2, 0.25) is 0 Å². The fourth-order valence-electron chi connectivity index (χ4n) is 2.13. The Hall–Kier alpha value is -3.13. The highest BCUT2D eigenvalue weighted by molar-refractivity contribution is 7.92. The number of carbonyl (C=O) groups is 1. The monoisotopic (exact) mass is 360 g/mol. The summed E-state index contributed by atoms with van der Waals surface area (Å²) < 4.78 is 45.6. The van der Waals surface area contributed by atoms with Gasteiger partial charge in [0.15, 0.2) is 5.76 Å². The van der Waals surface area contributed by atoms with E-state index in [4.69, 9.17) is 4.42 Å².